The van der Waals surface area contributed by atoms with Gasteiger partial charge in [0.25, 0.3) is 5.91 Å². The lowest BCUT2D eigenvalue weighted by Gasteiger charge is -2.11. The van der Waals surface area contributed by atoms with E-state index in [1.54, 1.807) is 24.4 Å². The third-order valence-corrected chi connectivity index (χ3v) is 5.35. The lowest BCUT2D eigenvalue weighted by molar-refractivity contribution is 0.0948. The molecule has 1 N–H and O–H groups in total. The van der Waals surface area contributed by atoms with Crippen molar-refractivity contribution in [1.82, 2.24) is 19.9 Å². The van der Waals surface area contributed by atoms with E-state index in [2.05, 4.69) is 20.9 Å². The van der Waals surface area contributed by atoms with Crippen molar-refractivity contribution in [3.05, 3.63) is 89.5 Å². The van der Waals surface area contributed by atoms with Crippen molar-refractivity contribution in [2.24, 2.45) is 0 Å². The van der Waals surface area contributed by atoms with Crippen LogP contribution in [0.3, 0.4) is 0 Å². The number of rotatable bonds is 10. The fourth-order valence-electron chi connectivity index (χ4n) is 3.55. The van der Waals surface area contributed by atoms with Crippen LogP contribution in [-0.4, -0.2) is 33.6 Å². The Labute approximate surface area is 192 Å². The molecule has 0 saturated carbocycles. The van der Waals surface area contributed by atoms with Crippen LogP contribution < -0.4 is 10.1 Å². The zero-order valence-electron chi connectivity index (χ0n) is 17.7. The van der Waals surface area contributed by atoms with Gasteiger partial charge in [0.05, 0.1) is 17.6 Å². The molecule has 2 aromatic carbocycles. The highest BCUT2D eigenvalue weighted by molar-refractivity contribution is 6.30. The minimum atomic E-state index is -0.154. The highest BCUT2D eigenvalue weighted by atomic mass is 35.5. The topological polar surface area (TPSA) is 69.0 Å². The van der Waals surface area contributed by atoms with E-state index in [1.165, 1.54) is 0 Å². The molecule has 0 unspecified atom stereocenters. The van der Waals surface area contributed by atoms with Gasteiger partial charge < -0.3 is 14.6 Å². The number of benzene rings is 2. The number of nitrogens with zero attached hydrogens (tertiary/aromatic N) is 3. The Morgan fingerprint density at radius 1 is 1.00 bits per heavy atom. The molecular weight excluding hydrogens is 424 g/mol. The van der Waals surface area contributed by atoms with Crippen LogP contribution >= 0.6 is 11.6 Å². The number of carbonyl (C=O) groups excluding carboxylic acids is 1. The lowest BCUT2D eigenvalue weighted by atomic mass is 10.2. The summed E-state index contributed by atoms with van der Waals surface area (Å²) in [4.78, 5) is 21.1. The monoisotopic (exact) mass is 448 g/mol. The number of para-hydroxylation sites is 2. The number of carbonyl (C=O) groups is 1. The molecule has 0 aliphatic rings. The number of fused-ring (bicyclic) bond motifs is 1. The van der Waals surface area contributed by atoms with Gasteiger partial charge in [-0.25, -0.2) is 4.98 Å². The first-order chi connectivity index (χ1) is 15.7. The normalized spacial score (nSPS) is 10.9. The summed E-state index contributed by atoms with van der Waals surface area (Å²) in [5.74, 6) is 1.68. The van der Waals surface area contributed by atoms with Crippen LogP contribution in [0.1, 0.15) is 29.2 Å². The van der Waals surface area contributed by atoms with Crippen molar-refractivity contribution in [2.75, 3.05) is 13.2 Å². The molecule has 0 aliphatic heterocycles. The molecule has 0 atom stereocenters. The van der Waals surface area contributed by atoms with Gasteiger partial charge in [-0.3, -0.25) is 9.78 Å². The maximum absolute atomic E-state index is 12.2. The first kappa shape index (κ1) is 21.8. The Kier molecular flexibility index (Phi) is 7.35. The van der Waals surface area contributed by atoms with Gasteiger partial charge in [-0.2, -0.15) is 0 Å². The van der Waals surface area contributed by atoms with E-state index < -0.39 is 0 Å². The molecule has 0 bridgehead atoms. The zero-order valence-corrected chi connectivity index (χ0v) is 18.5. The summed E-state index contributed by atoms with van der Waals surface area (Å²) in [6.07, 6.45) is 4.04. The SMILES string of the molecule is O=C(NCCCc1nc2ccccc2n1CCCOc1ccc(Cl)cc1)c1ccccn1. The molecule has 0 saturated heterocycles. The average Bonchev–Trinajstić information content (AvgIpc) is 3.18. The Morgan fingerprint density at radius 3 is 2.62 bits per heavy atom. The van der Waals surface area contributed by atoms with E-state index in [1.807, 2.05) is 42.5 Å². The molecule has 4 rings (SSSR count). The van der Waals surface area contributed by atoms with Crippen LogP contribution in [0.4, 0.5) is 0 Å². The van der Waals surface area contributed by atoms with Gasteiger partial charge in [-0.05, 0) is 61.4 Å². The highest BCUT2D eigenvalue weighted by Gasteiger charge is 2.11. The first-order valence-electron chi connectivity index (χ1n) is 10.7. The van der Waals surface area contributed by atoms with Crippen molar-refractivity contribution >= 4 is 28.5 Å². The van der Waals surface area contributed by atoms with E-state index in [4.69, 9.17) is 21.3 Å². The van der Waals surface area contributed by atoms with Gasteiger partial charge in [0.15, 0.2) is 0 Å². The van der Waals surface area contributed by atoms with Crippen molar-refractivity contribution in [3.63, 3.8) is 0 Å². The van der Waals surface area contributed by atoms with Gasteiger partial charge in [0.2, 0.25) is 0 Å². The van der Waals surface area contributed by atoms with Gasteiger partial charge in [-0.1, -0.05) is 29.8 Å². The van der Waals surface area contributed by atoms with E-state index in [0.717, 1.165) is 48.4 Å². The Morgan fingerprint density at radius 2 is 1.81 bits per heavy atom. The predicted molar refractivity (Wildman–Crippen MR) is 126 cm³/mol. The van der Waals surface area contributed by atoms with E-state index >= 15 is 0 Å². The number of hydrogen-bond donors (Lipinski definition) is 1. The molecule has 2 aromatic heterocycles. The van der Waals surface area contributed by atoms with E-state index in [-0.39, 0.29) is 5.91 Å². The molecule has 164 valence electrons. The predicted octanol–water partition coefficient (Wildman–Crippen LogP) is 4.92. The van der Waals surface area contributed by atoms with Crippen LogP contribution in [0, 0.1) is 0 Å². The fourth-order valence-corrected chi connectivity index (χ4v) is 3.67. The number of ether oxygens (including phenoxy) is 1. The Bertz CT molecular complexity index is 1160. The number of aryl methyl sites for hydroxylation is 2. The third kappa shape index (κ3) is 5.65. The molecule has 7 heteroatoms. The molecule has 0 fully saturated rings. The number of hydrogen-bond acceptors (Lipinski definition) is 4. The van der Waals surface area contributed by atoms with Crippen LogP contribution in [0.2, 0.25) is 5.02 Å². The number of halogens is 1. The van der Waals surface area contributed by atoms with Crippen LogP contribution in [0.15, 0.2) is 72.9 Å². The summed E-state index contributed by atoms with van der Waals surface area (Å²) in [5, 5.41) is 3.63. The van der Waals surface area contributed by atoms with Crippen molar-refractivity contribution in [3.8, 4) is 5.75 Å². The summed E-state index contributed by atoms with van der Waals surface area (Å²) < 4.78 is 8.08. The van der Waals surface area contributed by atoms with Crippen LogP contribution in [-0.2, 0) is 13.0 Å². The summed E-state index contributed by atoms with van der Waals surface area (Å²) in [6, 6.07) is 20.9. The summed E-state index contributed by atoms with van der Waals surface area (Å²) in [6.45, 7) is 1.98. The van der Waals surface area contributed by atoms with E-state index in [9.17, 15) is 4.79 Å². The second-order valence-electron chi connectivity index (χ2n) is 7.40. The molecular formula is C25H25ClN4O2. The Balaban J connectivity index is 1.32. The molecule has 6 nitrogen and oxygen atoms in total. The average molecular weight is 449 g/mol. The first-order valence-corrected chi connectivity index (χ1v) is 11.1. The van der Waals surface area contributed by atoms with Gasteiger partial charge in [-0.15, -0.1) is 0 Å². The summed E-state index contributed by atoms with van der Waals surface area (Å²) >= 11 is 5.92. The number of pyridine rings is 1. The molecule has 0 aliphatic carbocycles. The van der Waals surface area contributed by atoms with E-state index in [0.29, 0.717) is 23.9 Å². The summed E-state index contributed by atoms with van der Waals surface area (Å²) in [5.41, 5.74) is 2.53. The minimum Gasteiger partial charge on any atom is -0.494 e. The quantitative estimate of drug-likeness (QED) is 0.350. The molecule has 1 amide bonds. The fraction of sp³-hybridized carbons (Fsp3) is 0.240. The minimum absolute atomic E-state index is 0.154. The highest BCUT2D eigenvalue weighted by Crippen LogP contribution is 2.19. The third-order valence-electron chi connectivity index (χ3n) is 5.10. The molecule has 32 heavy (non-hydrogen) atoms. The molecule has 0 spiro atoms. The maximum atomic E-state index is 12.2. The van der Waals surface area contributed by atoms with Crippen molar-refractivity contribution < 1.29 is 9.53 Å². The van der Waals surface area contributed by atoms with Gasteiger partial charge in [0.1, 0.15) is 17.3 Å². The van der Waals surface area contributed by atoms with Crippen molar-refractivity contribution in [1.29, 1.82) is 0 Å². The smallest absolute Gasteiger partial charge is 0.269 e. The largest absolute Gasteiger partial charge is 0.494 e. The number of aromatic nitrogens is 3. The number of amides is 1. The molecule has 0 radical (unpaired) electrons. The maximum Gasteiger partial charge on any atom is 0.269 e. The van der Waals surface area contributed by atoms with Gasteiger partial charge in [0, 0.05) is 30.7 Å². The second kappa shape index (κ2) is 10.8. The number of imidazole rings is 1. The lowest BCUT2D eigenvalue weighted by Crippen LogP contribution is -2.25. The standard InChI is InChI=1S/C25H25ClN4O2/c26-19-11-13-20(14-12-19)32-18-6-17-30-23-9-2-1-7-21(23)29-24(30)10-5-16-28-25(31)22-8-3-4-15-27-22/h1-4,7-9,11-15H,5-6,10,16-18H2,(H,28,31). The number of nitrogens with one attached hydrogen (secondary N) is 1. The van der Waals surface area contributed by atoms with Gasteiger partial charge >= 0.3 is 0 Å². The Hall–Kier alpha value is -3.38. The van der Waals surface area contributed by atoms with Crippen LogP contribution in [0.25, 0.3) is 11.0 Å². The molecule has 2 heterocycles. The molecule has 4 aromatic rings. The van der Waals surface area contributed by atoms with Crippen molar-refractivity contribution in [2.45, 2.75) is 25.8 Å². The summed E-state index contributed by atoms with van der Waals surface area (Å²) in [7, 11) is 0. The second-order valence-corrected chi connectivity index (χ2v) is 7.84. The zero-order chi connectivity index (χ0) is 22.2. The van der Waals surface area contributed by atoms with Crippen LogP contribution in [0.5, 0.6) is 5.75 Å².